The van der Waals surface area contributed by atoms with Gasteiger partial charge in [-0.3, -0.25) is 0 Å². The van der Waals surface area contributed by atoms with Crippen molar-refractivity contribution in [1.82, 2.24) is 4.98 Å². The molecule has 0 aromatic carbocycles. The summed E-state index contributed by atoms with van der Waals surface area (Å²) in [6.07, 6.45) is 3.66. The molecule has 2 heterocycles. The fourth-order valence-corrected chi connectivity index (χ4v) is 3.08. The molecule has 2 N–H and O–H groups in total. The van der Waals surface area contributed by atoms with Gasteiger partial charge in [0.2, 0.25) is 0 Å². The molecule has 0 unspecified atom stereocenters. The zero-order chi connectivity index (χ0) is 14.0. The predicted molar refractivity (Wildman–Crippen MR) is 84.7 cm³/mol. The molecule has 0 amide bonds. The minimum atomic E-state index is 0.429. The van der Waals surface area contributed by atoms with E-state index in [0.717, 1.165) is 30.2 Å². The molecule has 19 heavy (non-hydrogen) atoms. The topological polar surface area (TPSA) is 42.2 Å². The molecule has 0 bridgehead atoms. The van der Waals surface area contributed by atoms with E-state index in [-0.39, 0.29) is 0 Å². The lowest BCUT2D eigenvalue weighted by Gasteiger charge is -2.27. The third kappa shape index (κ3) is 2.73. The molecule has 1 aliphatic rings. The first-order valence-electron chi connectivity index (χ1n) is 7.04. The van der Waals surface area contributed by atoms with Crippen molar-refractivity contribution in [3.63, 3.8) is 0 Å². The maximum atomic E-state index is 5.83. The van der Waals surface area contributed by atoms with Crippen LogP contribution in [0.3, 0.4) is 0 Å². The summed E-state index contributed by atoms with van der Waals surface area (Å²) in [5.41, 5.74) is 8.18. The Morgan fingerprint density at radius 3 is 2.63 bits per heavy atom. The number of nitrogens with two attached hydrogens (primary N) is 1. The van der Waals surface area contributed by atoms with E-state index in [0.29, 0.717) is 10.4 Å². The molecule has 0 saturated carbocycles. The molecular formula is C15H23N3S. The van der Waals surface area contributed by atoms with Crippen molar-refractivity contribution in [2.45, 2.75) is 40.0 Å². The van der Waals surface area contributed by atoms with Crippen LogP contribution in [0.5, 0.6) is 0 Å². The van der Waals surface area contributed by atoms with Gasteiger partial charge in [0, 0.05) is 18.8 Å². The van der Waals surface area contributed by atoms with Crippen molar-refractivity contribution in [3.8, 4) is 0 Å². The van der Waals surface area contributed by atoms with Crippen molar-refractivity contribution in [2.24, 2.45) is 11.1 Å². The highest BCUT2D eigenvalue weighted by Crippen LogP contribution is 2.39. The van der Waals surface area contributed by atoms with Gasteiger partial charge in [-0.1, -0.05) is 26.1 Å². The van der Waals surface area contributed by atoms with E-state index in [1.807, 2.05) is 19.1 Å². The van der Waals surface area contributed by atoms with Gasteiger partial charge in [-0.25, -0.2) is 4.98 Å². The fourth-order valence-electron chi connectivity index (χ4n) is 2.92. The number of aryl methyl sites for hydroxylation is 1. The monoisotopic (exact) mass is 277 g/mol. The van der Waals surface area contributed by atoms with Gasteiger partial charge in [0.1, 0.15) is 10.8 Å². The van der Waals surface area contributed by atoms with E-state index in [9.17, 15) is 0 Å². The van der Waals surface area contributed by atoms with Gasteiger partial charge in [0.25, 0.3) is 0 Å². The molecule has 2 rings (SSSR count). The molecule has 0 atom stereocenters. The largest absolute Gasteiger partial charge is 0.389 e. The average molecular weight is 277 g/mol. The zero-order valence-electron chi connectivity index (χ0n) is 12.1. The van der Waals surface area contributed by atoms with E-state index < -0.39 is 0 Å². The summed E-state index contributed by atoms with van der Waals surface area (Å²) in [4.78, 5) is 7.46. The van der Waals surface area contributed by atoms with Crippen LogP contribution in [0.25, 0.3) is 0 Å². The number of hydrogen-bond donors (Lipinski definition) is 1. The number of nitrogens with zero attached hydrogens (tertiary/aromatic N) is 2. The minimum absolute atomic E-state index is 0.429. The highest BCUT2D eigenvalue weighted by atomic mass is 32.1. The van der Waals surface area contributed by atoms with E-state index in [1.54, 1.807) is 0 Å². The Labute approximate surface area is 121 Å². The Balaban J connectivity index is 2.33. The molecule has 0 radical (unpaired) electrons. The van der Waals surface area contributed by atoms with Crippen LogP contribution in [0.1, 0.15) is 44.4 Å². The van der Waals surface area contributed by atoms with E-state index in [4.69, 9.17) is 18.0 Å². The van der Waals surface area contributed by atoms with E-state index >= 15 is 0 Å². The second-order valence-corrected chi connectivity index (χ2v) is 6.01. The van der Waals surface area contributed by atoms with Crippen LogP contribution in [0.4, 0.5) is 5.82 Å². The van der Waals surface area contributed by atoms with Crippen LogP contribution in [0.15, 0.2) is 12.1 Å². The number of aromatic nitrogens is 1. The zero-order valence-corrected chi connectivity index (χ0v) is 12.9. The first kappa shape index (κ1) is 14.3. The van der Waals surface area contributed by atoms with Gasteiger partial charge in [-0.15, -0.1) is 0 Å². The van der Waals surface area contributed by atoms with Gasteiger partial charge in [-0.05, 0) is 43.7 Å². The molecule has 4 heteroatoms. The quantitative estimate of drug-likeness (QED) is 0.859. The lowest BCUT2D eigenvalue weighted by atomic mass is 9.82. The molecule has 1 aromatic rings. The highest BCUT2D eigenvalue weighted by molar-refractivity contribution is 7.80. The van der Waals surface area contributed by atoms with Crippen molar-refractivity contribution < 1.29 is 0 Å². The summed E-state index contributed by atoms with van der Waals surface area (Å²) in [7, 11) is 0. The number of hydrogen-bond acceptors (Lipinski definition) is 3. The second-order valence-electron chi connectivity index (χ2n) is 5.57. The van der Waals surface area contributed by atoms with Crippen molar-refractivity contribution in [3.05, 3.63) is 23.4 Å². The van der Waals surface area contributed by atoms with Crippen LogP contribution in [-0.4, -0.2) is 23.1 Å². The molecule has 1 fully saturated rings. The van der Waals surface area contributed by atoms with E-state index in [2.05, 4.69) is 23.7 Å². The van der Waals surface area contributed by atoms with Crippen LogP contribution in [0, 0.1) is 12.3 Å². The molecular weight excluding hydrogens is 254 g/mol. The number of anilines is 1. The van der Waals surface area contributed by atoms with Crippen molar-refractivity contribution >= 4 is 23.0 Å². The van der Waals surface area contributed by atoms with Crippen LogP contribution < -0.4 is 10.6 Å². The average Bonchev–Trinajstić information content (AvgIpc) is 2.83. The Morgan fingerprint density at radius 1 is 1.42 bits per heavy atom. The minimum Gasteiger partial charge on any atom is -0.389 e. The highest BCUT2D eigenvalue weighted by Gasteiger charge is 2.36. The molecule has 1 aromatic heterocycles. The Kier molecular flexibility index (Phi) is 4.09. The Hall–Kier alpha value is -1.16. The Morgan fingerprint density at radius 2 is 2.11 bits per heavy atom. The Bertz CT molecular complexity index is 480. The van der Waals surface area contributed by atoms with E-state index in [1.165, 1.54) is 19.3 Å². The number of thiocarbonyl (C=S) groups is 1. The van der Waals surface area contributed by atoms with Gasteiger partial charge in [0.15, 0.2) is 0 Å². The third-order valence-corrected chi connectivity index (χ3v) is 4.74. The van der Waals surface area contributed by atoms with Crippen LogP contribution in [-0.2, 0) is 0 Å². The van der Waals surface area contributed by atoms with Gasteiger partial charge in [-0.2, -0.15) is 0 Å². The van der Waals surface area contributed by atoms with Gasteiger partial charge >= 0.3 is 0 Å². The summed E-state index contributed by atoms with van der Waals surface area (Å²) in [6.45, 7) is 8.69. The lowest BCUT2D eigenvalue weighted by molar-refractivity contribution is 0.301. The first-order chi connectivity index (χ1) is 9.01. The molecule has 1 aliphatic heterocycles. The summed E-state index contributed by atoms with van der Waals surface area (Å²) < 4.78 is 0. The summed E-state index contributed by atoms with van der Waals surface area (Å²) in [5, 5.41) is 0. The molecule has 0 spiro atoms. The van der Waals surface area contributed by atoms with Crippen molar-refractivity contribution in [1.29, 1.82) is 0 Å². The second kappa shape index (κ2) is 5.45. The van der Waals surface area contributed by atoms with Gasteiger partial charge < -0.3 is 10.6 Å². The number of rotatable bonds is 4. The standard InChI is InChI=1S/C15H23N3S/c1-4-15(5-2)8-9-18(10-15)14-12(13(16)19)7-6-11(3)17-14/h6-7H,4-5,8-10H2,1-3H3,(H2,16,19). The summed E-state index contributed by atoms with van der Waals surface area (Å²) in [5.74, 6) is 0.969. The molecule has 3 nitrogen and oxygen atoms in total. The molecule has 104 valence electrons. The first-order valence-corrected chi connectivity index (χ1v) is 7.44. The molecule has 0 aliphatic carbocycles. The fraction of sp³-hybridized carbons (Fsp3) is 0.600. The summed E-state index contributed by atoms with van der Waals surface area (Å²) >= 11 is 5.15. The third-order valence-electron chi connectivity index (χ3n) is 4.52. The van der Waals surface area contributed by atoms with Gasteiger partial charge in [0.05, 0.1) is 5.56 Å². The lowest BCUT2D eigenvalue weighted by Crippen LogP contribution is -2.29. The maximum Gasteiger partial charge on any atom is 0.139 e. The maximum absolute atomic E-state index is 5.83. The SMILES string of the molecule is CCC1(CC)CCN(c2nc(C)ccc2C(N)=S)C1. The van der Waals surface area contributed by atoms with Crippen LogP contribution >= 0.6 is 12.2 Å². The normalized spacial score (nSPS) is 17.7. The molecule has 1 saturated heterocycles. The predicted octanol–water partition coefficient (Wildman–Crippen LogP) is 3.04. The van der Waals surface area contributed by atoms with Crippen LogP contribution in [0.2, 0.25) is 0 Å². The number of pyridine rings is 1. The van der Waals surface area contributed by atoms with Crippen molar-refractivity contribution in [2.75, 3.05) is 18.0 Å². The smallest absolute Gasteiger partial charge is 0.139 e. The summed E-state index contributed by atoms with van der Waals surface area (Å²) in [6, 6.07) is 3.97.